The number of hydrogen-bond acceptors (Lipinski definition) is 2. The molecule has 0 amide bonds. The SMILES string of the molecule is CCOc1ccccc1CNc1cccc(Cl)c1C. The third-order valence-corrected chi connectivity index (χ3v) is 3.42. The van der Waals surface area contributed by atoms with Gasteiger partial charge in [0.1, 0.15) is 5.75 Å². The number of halogens is 1. The van der Waals surface area contributed by atoms with Gasteiger partial charge in [-0.3, -0.25) is 0 Å². The highest BCUT2D eigenvalue weighted by atomic mass is 35.5. The van der Waals surface area contributed by atoms with Crippen LogP contribution in [0.15, 0.2) is 42.5 Å². The molecule has 2 aromatic carbocycles. The van der Waals surface area contributed by atoms with Crippen molar-refractivity contribution in [3.05, 3.63) is 58.6 Å². The van der Waals surface area contributed by atoms with Crippen LogP contribution in [0.25, 0.3) is 0 Å². The van der Waals surface area contributed by atoms with Crippen LogP contribution in [-0.2, 0) is 6.54 Å². The Morgan fingerprint density at radius 1 is 1.11 bits per heavy atom. The molecule has 0 aliphatic rings. The number of nitrogens with one attached hydrogen (secondary N) is 1. The molecule has 0 radical (unpaired) electrons. The molecule has 0 fully saturated rings. The van der Waals surface area contributed by atoms with Crippen molar-refractivity contribution in [2.24, 2.45) is 0 Å². The largest absolute Gasteiger partial charge is 0.494 e. The summed E-state index contributed by atoms with van der Waals surface area (Å²) in [6.45, 7) is 5.40. The van der Waals surface area contributed by atoms with Gasteiger partial charge in [0.05, 0.1) is 6.61 Å². The van der Waals surface area contributed by atoms with Gasteiger partial charge in [-0.1, -0.05) is 35.9 Å². The molecular weight excluding hydrogens is 258 g/mol. The highest BCUT2D eigenvalue weighted by Gasteiger charge is 2.04. The van der Waals surface area contributed by atoms with Crippen molar-refractivity contribution in [3.63, 3.8) is 0 Å². The van der Waals surface area contributed by atoms with Gasteiger partial charge in [0.2, 0.25) is 0 Å². The zero-order valence-corrected chi connectivity index (χ0v) is 12.0. The number of benzene rings is 2. The normalized spacial score (nSPS) is 10.3. The second kappa shape index (κ2) is 6.48. The van der Waals surface area contributed by atoms with Crippen molar-refractivity contribution >= 4 is 17.3 Å². The van der Waals surface area contributed by atoms with E-state index >= 15 is 0 Å². The lowest BCUT2D eigenvalue weighted by Gasteiger charge is -2.13. The van der Waals surface area contributed by atoms with E-state index in [1.807, 2.05) is 50.2 Å². The second-order valence-electron chi connectivity index (χ2n) is 4.31. The average molecular weight is 276 g/mol. The zero-order valence-electron chi connectivity index (χ0n) is 11.2. The molecule has 0 aliphatic carbocycles. The standard InChI is InChI=1S/C16H18ClNO/c1-3-19-16-10-5-4-7-13(16)11-18-15-9-6-8-14(17)12(15)2/h4-10,18H,3,11H2,1-2H3. The zero-order chi connectivity index (χ0) is 13.7. The van der Waals surface area contributed by atoms with E-state index in [0.29, 0.717) is 6.61 Å². The first-order chi connectivity index (χ1) is 9.22. The molecule has 0 unspecified atom stereocenters. The molecule has 0 heterocycles. The van der Waals surface area contributed by atoms with Crippen molar-refractivity contribution in [3.8, 4) is 5.75 Å². The van der Waals surface area contributed by atoms with E-state index in [4.69, 9.17) is 16.3 Å². The fraction of sp³-hybridized carbons (Fsp3) is 0.250. The molecule has 2 aromatic rings. The van der Waals surface area contributed by atoms with Crippen LogP contribution in [-0.4, -0.2) is 6.61 Å². The summed E-state index contributed by atoms with van der Waals surface area (Å²) in [7, 11) is 0. The minimum absolute atomic E-state index is 0.674. The summed E-state index contributed by atoms with van der Waals surface area (Å²) in [5, 5.41) is 4.19. The number of para-hydroxylation sites is 1. The summed E-state index contributed by atoms with van der Waals surface area (Å²) in [5.74, 6) is 0.928. The van der Waals surface area contributed by atoms with Crippen LogP contribution >= 0.6 is 11.6 Å². The van der Waals surface area contributed by atoms with E-state index in [1.165, 1.54) is 0 Å². The Morgan fingerprint density at radius 3 is 2.68 bits per heavy atom. The molecular formula is C16H18ClNO. The maximum atomic E-state index is 6.11. The third kappa shape index (κ3) is 3.42. The van der Waals surface area contributed by atoms with Crippen LogP contribution in [0.4, 0.5) is 5.69 Å². The predicted octanol–water partition coefficient (Wildman–Crippen LogP) is 4.66. The lowest BCUT2D eigenvalue weighted by molar-refractivity contribution is 0.337. The van der Waals surface area contributed by atoms with Gasteiger partial charge in [0.25, 0.3) is 0 Å². The third-order valence-electron chi connectivity index (χ3n) is 3.01. The van der Waals surface area contributed by atoms with E-state index in [9.17, 15) is 0 Å². The molecule has 100 valence electrons. The summed E-state index contributed by atoms with van der Waals surface area (Å²) < 4.78 is 5.61. The van der Waals surface area contributed by atoms with Crippen molar-refractivity contribution in [2.75, 3.05) is 11.9 Å². The molecule has 0 saturated carbocycles. The summed E-state index contributed by atoms with van der Waals surface area (Å²) in [4.78, 5) is 0. The highest BCUT2D eigenvalue weighted by Crippen LogP contribution is 2.25. The maximum Gasteiger partial charge on any atom is 0.124 e. The predicted molar refractivity (Wildman–Crippen MR) is 81.1 cm³/mol. The van der Waals surface area contributed by atoms with E-state index in [0.717, 1.165) is 34.1 Å². The molecule has 1 N–H and O–H groups in total. The maximum absolute atomic E-state index is 6.11. The molecule has 0 spiro atoms. The fourth-order valence-corrected chi connectivity index (χ4v) is 2.11. The van der Waals surface area contributed by atoms with Crippen LogP contribution in [0, 0.1) is 6.92 Å². The summed E-state index contributed by atoms with van der Waals surface area (Å²) >= 11 is 6.11. The van der Waals surface area contributed by atoms with E-state index in [-0.39, 0.29) is 0 Å². The molecule has 0 saturated heterocycles. The first-order valence-electron chi connectivity index (χ1n) is 6.42. The Morgan fingerprint density at radius 2 is 1.89 bits per heavy atom. The van der Waals surface area contributed by atoms with Crippen molar-refractivity contribution in [1.29, 1.82) is 0 Å². The fourth-order valence-electron chi connectivity index (χ4n) is 1.94. The van der Waals surface area contributed by atoms with Crippen molar-refractivity contribution in [1.82, 2.24) is 0 Å². The topological polar surface area (TPSA) is 21.3 Å². The molecule has 0 atom stereocenters. The van der Waals surface area contributed by atoms with Crippen molar-refractivity contribution in [2.45, 2.75) is 20.4 Å². The van der Waals surface area contributed by atoms with E-state index < -0.39 is 0 Å². The van der Waals surface area contributed by atoms with Gasteiger partial charge >= 0.3 is 0 Å². The Bertz CT molecular complexity index is 554. The highest BCUT2D eigenvalue weighted by molar-refractivity contribution is 6.31. The number of hydrogen-bond donors (Lipinski definition) is 1. The van der Waals surface area contributed by atoms with Crippen LogP contribution in [0.3, 0.4) is 0 Å². The summed E-state index contributed by atoms with van der Waals surface area (Å²) in [6.07, 6.45) is 0. The monoisotopic (exact) mass is 275 g/mol. The van der Waals surface area contributed by atoms with Crippen LogP contribution in [0.1, 0.15) is 18.1 Å². The minimum atomic E-state index is 0.674. The molecule has 3 heteroatoms. The van der Waals surface area contributed by atoms with Gasteiger partial charge < -0.3 is 10.1 Å². The molecule has 2 nitrogen and oxygen atoms in total. The van der Waals surface area contributed by atoms with Crippen LogP contribution in [0.5, 0.6) is 5.75 Å². The number of anilines is 1. The second-order valence-corrected chi connectivity index (χ2v) is 4.71. The Hall–Kier alpha value is -1.67. The van der Waals surface area contributed by atoms with Gasteiger partial charge in [-0.2, -0.15) is 0 Å². The Kier molecular flexibility index (Phi) is 4.69. The van der Waals surface area contributed by atoms with Crippen molar-refractivity contribution < 1.29 is 4.74 Å². The van der Waals surface area contributed by atoms with Crippen LogP contribution < -0.4 is 10.1 Å². The molecule has 19 heavy (non-hydrogen) atoms. The Balaban J connectivity index is 2.12. The van der Waals surface area contributed by atoms with Crippen LogP contribution in [0.2, 0.25) is 5.02 Å². The van der Waals surface area contributed by atoms with E-state index in [2.05, 4.69) is 11.4 Å². The summed E-state index contributed by atoms with van der Waals surface area (Å²) in [6, 6.07) is 13.9. The molecule has 0 aromatic heterocycles. The minimum Gasteiger partial charge on any atom is -0.494 e. The number of rotatable bonds is 5. The van der Waals surface area contributed by atoms with Gasteiger partial charge in [-0.05, 0) is 37.6 Å². The van der Waals surface area contributed by atoms with Gasteiger partial charge in [0.15, 0.2) is 0 Å². The lowest BCUT2D eigenvalue weighted by atomic mass is 10.1. The summed E-state index contributed by atoms with van der Waals surface area (Å²) in [5.41, 5.74) is 3.26. The average Bonchev–Trinajstić information content (AvgIpc) is 2.42. The smallest absolute Gasteiger partial charge is 0.124 e. The van der Waals surface area contributed by atoms with Gasteiger partial charge in [-0.15, -0.1) is 0 Å². The Labute approximate surface area is 119 Å². The van der Waals surface area contributed by atoms with Gasteiger partial charge in [-0.25, -0.2) is 0 Å². The molecule has 0 bridgehead atoms. The molecule has 0 aliphatic heterocycles. The molecule has 2 rings (SSSR count). The quantitative estimate of drug-likeness (QED) is 0.857. The number of ether oxygens (including phenoxy) is 1. The lowest BCUT2D eigenvalue weighted by Crippen LogP contribution is -2.04. The first-order valence-corrected chi connectivity index (χ1v) is 6.80. The van der Waals surface area contributed by atoms with Gasteiger partial charge in [0, 0.05) is 22.8 Å². The van der Waals surface area contributed by atoms with E-state index in [1.54, 1.807) is 0 Å². The first kappa shape index (κ1) is 13.8.